The number of para-hydroxylation sites is 1. The molecule has 0 bridgehead atoms. The highest BCUT2D eigenvalue weighted by Gasteiger charge is 2.68. The van der Waals surface area contributed by atoms with Crippen molar-refractivity contribution in [3.63, 3.8) is 0 Å². The number of fused-ring (bicyclic) bond motifs is 9. The molecule has 4 aromatic carbocycles. The molecule has 0 saturated heterocycles. The smallest absolute Gasteiger partial charge is 0.397 e. The predicted molar refractivity (Wildman–Crippen MR) is 196 cm³/mol. The van der Waals surface area contributed by atoms with E-state index >= 15 is 0 Å². The zero-order chi connectivity index (χ0) is 33.9. The Balaban J connectivity index is 1.05. The summed E-state index contributed by atoms with van der Waals surface area (Å²) >= 11 is 0. The fourth-order valence-electron chi connectivity index (χ4n) is 10.2. The minimum atomic E-state index is -0.781. The Labute approximate surface area is 296 Å². The van der Waals surface area contributed by atoms with Crippen LogP contribution in [-0.4, -0.2) is 22.3 Å². The molecule has 0 fully saturated rings. The Morgan fingerprint density at radius 3 is 2.67 bits per heavy atom. The van der Waals surface area contributed by atoms with Gasteiger partial charge >= 0.3 is 11.3 Å². The van der Waals surface area contributed by atoms with Gasteiger partial charge in [-0.2, -0.15) is 9.13 Å². The predicted octanol–water partition coefficient (Wildman–Crippen LogP) is 6.38. The van der Waals surface area contributed by atoms with Crippen molar-refractivity contribution in [3.05, 3.63) is 147 Å². The molecule has 0 amide bonds. The van der Waals surface area contributed by atoms with E-state index in [0.717, 1.165) is 100 Å². The molecule has 8 aromatic rings. The maximum absolute atomic E-state index is 13.5. The molecule has 0 radical (unpaired) electrons. The van der Waals surface area contributed by atoms with Crippen LogP contribution in [0.1, 0.15) is 46.2 Å². The molecule has 5 aliphatic heterocycles. The van der Waals surface area contributed by atoms with Gasteiger partial charge in [0.2, 0.25) is 6.20 Å². The lowest BCUT2D eigenvalue weighted by Crippen LogP contribution is -2.76. The maximum Gasteiger partial charge on any atom is 0.397 e. The van der Waals surface area contributed by atoms with E-state index in [1.165, 1.54) is 27.6 Å². The quantitative estimate of drug-likeness (QED) is 0.106. The number of aryl methyl sites for hydroxylation is 2. The number of hydrogen-bond acceptors (Lipinski definition) is 4. The second kappa shape index (κ2) is 9.19. The van der Waals surface area contributed by atoms with Crippen molar-refractivity contribution in [1.82, 2.24) is 9.25 Å². The van der Waals surface area contributed by atoms with Gasteiger partial charge in [0.25, 0.3) is 5.82 Å². The summed E-state index contributed by atoms with van der Waals surface area (Å²) in [4.78, 5) is 16.0. The molecule has 8 heteroatoms. The highest BCUT2D eigenvalue weighted by Crippen LogP contribution is 2.55. The SMILES string of the molecule is O=c1oc2c3c4c(cc2cc1C#Cc1cn2[n+](c1)C15c6c(cccc6-2)Oc2ccc6c7ccccc7n(c6c21)-c1cccc[n+]15)CCCN4CCC3. The average Bonchev–Trinajstić information content (AvgIpc) is 3.84. The zero-order valence-electron chi connectivity index (χ0n) is 28.0. The molecule has 5 aliphatic rings. The summed E-state index contributed by atoms with van der Waals surface area (Å²) in [7, 11) is 0. The van der Waals surface area contributed by atoms with Gasteiger partial charge in [-0.1, -0.05) is 40.8 Å². The normalized spacial score (nSPS) is 18.0. The first-order valence-electron chi connectivity index (χ1n) is 18.1. The van der Waals surface area contributed by atoms with Gasteiger partial charge in [0.05, 0.1) is 12.4 Å². The van der Waals surface area contributed by atoms with E-state index in [2.05, 4.69) is 127 Å². The van der Waals surface area contributed by atoms with Gasteiger partial charge in [0.15, 0.2) is 11.1 Å². The first kappa shape index (κ1) is 27.2. The summed E-state index contributed by atoms with van der Waals surface area (Å²) in [5.41, 5.74) is 10.1. The lowest BCUT2D eigenvalue weighted by atomic mass is 9.84. The average molecular weight is 676 g/mol. The van der Waals surface area contributed by atoms with Gasteiger partial charge in [-0.3, -0.25) is 0 Å². The Morgan fingerprint density at radius 1 is 0.827 bits per heavy atom. The van der Waals surface area contributed by atoms with Crippen LogP contribution < -0.4 is 24.5 Å². The first-order valence-corrected chi connectivity index (χ1v) is 18.1. The van der Waals surface area contributed by atoms with Crippen molar-refractivity contribution < 1.29 is 18.4 Å². The van der Waals surface area contributed by atoms with Crippen LogP contribution in [0.3, 0.4) is 0 Å². The van der Waals surface area contributed by atoms with Gasteiger partial charge in [-0.15, -0.1) is 4.68 Å². The Morgan fingerprint density at radius 2 is 1.71 bits per heavy atom. The van der Waals surface area contributed by atoms with Crippen LogP contribution in [0.4, 0.5) is 5.69 Å². The van der Waals surface area contributed by atoms with Gasteiger partial charge < -0.3 is 14.1 Å². The Hall–Kier alpha value is -6.59. The van der Waals surface area contributed by atoms with Crippen molar-refractivity contribution in [3.8, 4) is 34.8 Å². The molecule has 0 aliphatic carbocycles. The molecule has 13 rings (SSSR count). The van der Waals surface area contributed by atoms with E-state index in [0.29, 0.717) is 5.56 Å². The zero-order valence-corrected chi connectivity index (χ0v) is 28.0. The third kappa shape index (κ3) is 3.07. The third-order valence-corrected chi connectivity index (χ3v) is 12.0. The second-order valence-corrected chi connectivity index (χ2v) is 14.6. The summed E-state index contributed by atoms with van der Waals surface area (Å²) in [5.74, 6) is 9.33. The van der Waals surface area contributed by atoms with Crippen LogP contribution in [0, 0.1) is 11.8 Å². The van der Waals surface area contributed by atoms with Gasteiger partial charge in [0, 0.05) is 46.6 Å². The molecule has 0 N–H and O–H groups in total. The third-order valence-electron chi connectivity index (χ3n) is 12.0. The first-order chi connectivity index (χ1) is 25.7. The van der Waals surface area contributed by atoms with Crippen molar-refractivity contribution in [2.24, 2.45) is 0 Å². The van der Waals surface area contributed by atoms with Crippen molar-refractivity contribution in [2.45, 2.75) is 31.3 Å². The maximum atomic E-state index is 13.5. The van der Waals surface area contributed by atoms with Gasteiger partial charge in [-0.05, 0) is 85.8 Å². The number of anilines is 1. The van der Waals surface area contributed by atoms with Crippen LogP contribution in [0.25, 0.3) is 44.3 Å². The molecule has 1 spiro atoms. The standard InChI is InChI=1S/C44H29N5O3/c50-43-28(23-29-22-27-8-6-19-45-20-7-10-32(40(27)45)42(29)52-43)16-15-26-24-47-34-12-5-13-35-38(34)44(48(47)25-26)39-36(51-35)18-17-31-30-9-1-2-11-33(30)49(41(31)39)37-14-3-4-21-46(37)44/h1-5,9,11-14,17-18,21-25H,6-8,10,19-20H2/q+2. The number of benzene rings is 4. The number of hydrogen-bond donors (Lipinski definition) is 0. The summed E-state index contributed by atoms with van der Waals surface area (Å²) in [6.07, 6.45) is 10.6. The van der Waals surface area contributed by atoms with E-state index in [9.17, 15) is 4.79 Å². The molecule has 52 heavy (non-hydrogen) atoms. The van der Waals surface area contributed by atoms with Crippen LogP contribution in [-0.2, 0) is 18.5 Å². The molecule has 246 valence electrons. The number of rotatable bonds is 0. The number of aromatic nitrogens is 4. The molecule has 9 heterocycles. The van der Waals surface area contributed by atoms with Crippen molar-refractivity contribution in [2.75, 3.05) is 18.0 Å². The topological polar surface area (TPSA) is 60.3 Å². The second-order valence-electron chi connectivity index (χ2n) is 14.6. The summed E-state index contributed by atoms with van der Waals surface area (Å²) in [5, 5.41) is 3.35. The highest BCUT2D eigenvalue weighted by atomic mass is 16.5. The number of nitrogens with zero attached hydrogens (tertiary/aromatic N) is 5. The van der Waals surface area contributed by atoms with Gasteiger partial charge in [-0.25, -0.2) is 4.79 Å². The largest absolute Gasteiger partial charge is 0.456 e. The molecular weight excluding hydrogens is 647 g/mol. The molecule has 4 aromatic heterocycles. The van der Waals surface area contributed by atoms with Crippen LogP contribution in [0.2, 0.25) is 0 Å². The summed E-state index contributed by atoms with van der Waals surface area (Å²) in [6, 6.07) is 29.7. The fourth-order valence-corrected chi connectivity index (χ4v) is 10.2. The van der Waals surface area contributed by atoms with E-state index in [-0.39, 0.29) is 5.63 Å². The number of ether oxygens (including phenoxy) is 1. The molecule has 8 nitrogen and oxygen atoms in total. The van der Waals surface area contributed by atoms with Crippen LogP contribution >= 0.6 is 0 Å². The van der Waals surface area contributed by atoms with Crippen LogP contribution in [0.15, 0.2) is 113 Å². The molecular formula is C44H29N5O3+2. The molecule has 1 unspecified atom stereocenters. The fraction of sp³-hybridized carbons (Fsp3) is 0.159. The van der Waals surface area contributed by atoms with Crippen LogP contribution in [0.5, 0.6) is 11.5 Å². The summed E-state index contributed by atoms with van der Waals surface area (Å²) in [6.45, 7) is 2.15. The lowest BCUT2D eigenvalue weighted by molar-refractivity contribution is -0.993. The van der Waals surface area contributed by atoms with Crippen molar-refractivity contribution in [1.29, 1.82) is 0 Å². The van der Waals surface area contributed by atoms with Crippen molar-refractivity contribution >= 4 is 38.5 Å². The molecule has 0 saturated carbocycles. The van der Waals surface area contributed by atoms with E-state index in [1.54, 1.807) is 0 Å². The lowest BCUT2D eigenvalue weighted by Gasteiger charge is -2.37. The molecule has 1 atom stereocenters. The Bertz CT molecular complexity index is 3120. The monoisotopic (exact) mass is 675 g/mol. The number of pyridine rings is 1. The highest BCUT2D eigenvalue weighted by molar-refractivity contribution is 6.11. The minimum Gasteiger partial charge on any atom is -0.456 e. The minimum absolute atomic E-state index is 0.375. The van der Waals surface area contributed by atoms with E-state index in [4.69, 9.17) is 9.15 Å². The summed E-state index contributed by atoms with van der Waals surface area (Å²) < 4.78 is 22.1. The van der Waals surface area contributed by atoms with E-state index < -0.39 is 5.66 Å². The Kier molecular flexibility index (Phi) is 4.80. The van der Waals surface area contributed by atoms with Gasteiger partial charge in [0.1, 0.15) is 45.0 Å². The van der Waals surface area contributed by atoms with E-state index in [1.807, 2.05) is 12.1 Å².